The second kappa shape index (κ2) is 13.2. The number of ether oxygens (including phenoxy) is 1. The highest BCUT2D eigenvalue weighted by Crippen LogP contribution is 2.48. The quantitative estimate of drug-likeness (QED) is 0.210. The summed E-state index contributed by atoms with van der Waals surface area (Å²) in [6, 6.07) is 8.81. The molecule has 262 valence electrons. The minimum atomic E-state index is -4.14. The Bertz CT molecular complexity index is 1850. The summed E-state index contributed by atoms with van der Waals surface area (Å²) in [6.45, 7) is 9.69. The number of pyridine rings is 1. The number of hydrogen-bond acceptors (Lipinski definition) is 7. The average Bonchev–Trinajstić information content (AvgIpc) is 3.90. The van der Waals surface area contributed by atoms with Crippen molar-refractivity contribution < 1.29 is 26.7 Å². The smallest absolute Gasteiger partial charge is 0.391 e. The zero-order valence-corrected chi connectivity index (χ0v) is 28.3. The lowest BCUT2D eigenvalue weighted by atomic mass is 9.95. The van der Waals surface area contributed by atoms with Gasteiger partial charge >= 0.3 is 12.2 Å². The fourth-order valence-corrected chi connectivity index (χ4v) is 7.81. The van der Waals surface area contributed by atoms with Gasteiger partial charge in [0.25, 0.3) is 0 Å². The summed E-state index contributed by atoms with van der Waals surface area (Å²) in [5.74, 6) is -1.59. The van der Waals surface area contributed by atoms with E-state index in [1.807, 2.05) is 26.0 Å². The zero-order chi connectivity index (χ0) is 34.5. The van der Waals surface area contributed by atoms with Crippen molar-refractivity contribution in [1.82, 2.24) is 25.2 Å². The summed E-state index contributed by atoms with van der Waals surface area (Å²) in [5, 5.41) is 5.44. The Morgan fingerprint density at radius 2 is 1.73 bits per heavy atom. The molecule has 0 bridgehead atoms. The van der Waals surface area contributed by atoms with Crippen molar-refractivity contribution >= 4 is 27.5 Å². The van der Waals surface area contributed by atoms with Gasteiger partial charge in [0.1, 0.15) is 22.8 Å². The van der Waals surface area contributed by atoms with Crippen molar-refractivity contribution in [1.29, 1.82) is 0 Å². The lowest BCUT2D eigenvalue weighted by molar-refractivity contribution is -0.185. The van der Waals surface area contributed by atoms with E-state index in [0.29, 0.717) is 72.6 Å². The number of aryl methyl sites for hydroxylation is 2. The van der Waals surface area contributed by atoms with Gasteiger partial charge in [0.2, 0.25) is 0 Å². The Kier molecular flexibility index (Phi) is 9.14. The van der Waals surface area contributed by atoms with Gasteiger partial charge in [-0.15, -0.1) is 0 Å². The fourth-order valence-electron chi connectivity index (χ4n) is 7.81. The normalized spacial score (nSPS) is 20.8. The van der Waals surface area contributed by atoms with Crippen LogP contribution in [0.5, 0.6) is 6.01 Å². The molecule has 8 rings (SSSR count). The molecule has 3 aliphatic heterocycles. The van der Waals surface area contributed by atoms with Crippen LogP contribution < -0.4 is 15.0 Å². The summed E-state index contributed by atoms with van der Waals surface area (Å²) in [6.07, 6.45) is -0.712. The molecule has 1 N–H and O–H groups in total. The van der Waals surface area contributed by atoms with E-state index in [4.69, 9.17) is 14.7 Å². The number of likely N-dealkylation sites (tertiary alicyclic amines) is 1. The summed E-state index contributed by atoms with van der Waals surface area (Å²) in [4.78, 5) is 18.8. The van der Waals surface area contributed by atoms with Crippen molar-refractivity contribution in [3.8, 4) is 17.3 Å². The monoisotopic (exact) mass is 682 g/mol. The molecule has 0 amide bonds. The molecule has 1 aliphatic carbocycles. The fraction of sp³-hybridized carbons (Fsp3) is 0.541. The first kappa shape index (κ1) is 33.8. The minimum Gasteiger partial charge on any atom is -0.463 e. The molecule has 3 fully saturated rings. The van der Waals surface area contributed by atoms with Crippen molar-refractivity contribution in [2.75, 3.05) is 50.8 Å². The number of aromatic nitrogens is 3. The predicted molar refractivity (Wildman–Crippen MR) is 181 cm³/mol. The Labute approximate surface area is 283 Å². The van der Waals surface area contributed by atoms with Gasteiger partial charge in [-0.3, -0.25) is 0 Å². The molecule has 0 radical (unpaired) electrons. The number of benzene rings is 2. The van der Waals surface area contributed by atoms with E-state index >= 15 is 4.39 Å². The van der Waals surface area contributed by atoms with Crippen LogP contribution in [0.1, 0.15) is 57.2 Å². The van der Waals surface area contributed by atoms with Crippen molar-refractivity contribution in [3.05, 3.63) is 53.2 Å². The van der Waals surface area contributed by atoms with Crippen LogP contribution in [-0.4, -0.2) is 77.9 Å². The number of nitrogens with one attached hydrogen (secondary N) is 1. The van der Waals surface area contributed by atoms with Gasteiger partial charge in [0.05, 0.1) is 23.6 Å². The van der Waals surface area contributed by atoms with Gasteiger partial charge in [-0.25, -0.2) is 13.8 Å². The van der Waals surface area contributed by atoms with E-state index < -0.39 is 17.9 Å². The average molecular weight is 683 g/mol. The number of alkyl halides is 3. The van der Waals surface area contributed by atoms with Gasteiger partial charge in [0.15, 0.2) is 5.82 Å². The summed E-state index contributed by atoms with van der Waals surface area (Å²) in [7, 11) is 0. The lowest BCUT2D eigenvalue weighted by Gasteiger charge is -2.36. The first-order valence-electron chi connectivity index (χ1n) is 17.6. The minimum absolute atomic E-state index is 0.0795. The van der Waals surface area contributed by atoms with Crippen LogP contribution in [0.25, 0.3) is 32.9 Å². The van der Waals surface area contributed by atoms with Gasteiger partial charge in [0, 0.05) is 43.2 Å². The van der Waals surface area contributed by atoms with Crippen molar-refractivity contribution in [3.63, 3.8) is 0 Å². The number of nitrogens with zero attached hydrogens (tertiary/aromatic N) is 5. The van der Waals surface area contributed by atoms with Crippen LogP contribution in [0.4, 0.5) is 27.8 Å². The van der Waals surface area contributed by atoms with Crippen LogP contribution in [-0.2, 0) is 6.42 Å². The third-order valence-electron chi connectivity index (χ3n) is 10.7. The second-order valence-corrected chi connectivity index (χ2v) is 13.8. The van der Waals surface area contributed by atoms with Gasteiger partial charge in [-0.1, -0.05) is 38.1 Å². The van der Waals surface area contributed by atoms with Crippen molar-refractivity contribution in [2.45, 2.75) is 71.5 Å². The maximum absolute atomic E-state index is 16.9. The van der Waals surface area contributed by atoms with Crippen molar-refractivity contribution in [2.24, 2.45) is 11.3 Å². The van der Waals surface area contributed by atoms with Gasteiger partial charge in [-0.05, 0) is 80.9 Å². The largest absolute Gasteiger partial charge is 0.463 e. The molecule has 2 saturated heterocycles. The number of halogens is 5. The molecule has 4 aliphatic rings. The van der Waals surface area contributed by atoms with Gasteiger partial charge in [-0.2, -0.15) is 23.1 Å². The Hall–Kier alpha value is -3.64. The molecule has 4 aromatic rings. The SMILES string of the molecule is CC.Cc1c(F)ccc2cccc(-c3nc4c5c(nc(OCC6(CN7CCC(C(F)(F)F)CC7)CC6)nc5c3F)N3CCNC[C@@H]3CC4)c12. The Morgan fingerprint density at radius 1 is 0.959 bits per heavy atom. The zero-order valence-electron chi connectivity index (χ0n) is 28.3. The number of hydrogen-bond donors (Lipinski definition) is 1. The highest BCUT2D eigenvalue weighted by Gasteiger charge is 2.47. The van der Waals surface area contributed by atoms with Gasteiger partial charge < -0.3 is 19.9 Å². The number of piperidine rings is 1. The molecule has 12 heteroatoms. The number of fused-ring (bicyclic) bond motifs is 3. The van der Waals surface area contributed by atoms with E-state index in [2.05, 4.69) is 20.1 Å². The Balaban J connectivity index is 0.00000186. The highest BCUT2D eigenvalue weighted by molar-refractivity contribution is 6.01. The van der Waals surface area contributed by atoms with Crippen LogP contribution in [0.3, 0.4) is 0 Å². The van der Waals surface area contributed by atoms with Crippen LogP contribution in [0, 0.1) is 29.9 Å². The molecule has 7 nitrogen and oxygen atoms in total. The molecule has 1 atom stereocenters. The molecule has 2 aromatic carbocycles. The first-order chi connectivity index (χ1) is 23.6. The maximum Gasteiger partial charge on any atom is 0.391 e. The molecule has 49 heavy (non-hydrogen) atoms. The third kappa shape index (κ3) is 6.42. The molecule has 0 unspecified atom stereocenters. The maximum atomic E-state index is 16.9. The number of piperazine rings is 1. The lowest BCUT2D eigenvalue weighted by Crippen LogP contribution is -2.51. The number of anilines is 1. The summed E-state index contributed by atoms with van der Waals surface area (Å²) >= 11 is 0. The molecule has 0 spiro atoms. The van der Waals surface area contributed by atoms with E-state index in [1.165, 1.54) is 6.07 Å². The summed E-state index contributed by atoms with van der Waals surface area (Å²) < 4.78 is 77.5. The van der Waals surface area contributed by atoms with E-state index in [0.717, 1.165) is 37.7 Å². The molecular weight excluding hydrogens is 639 g/mol. The van der Waals surface area contributed by atoms with E-state index in [1.54, 1.807) is 19.1 Å². The molecule has 1 saturated carbocycles. The second-order valence-electron chi connectivity index (χ2n) is 13.8. The molecule has 2 aromatic heterocycles. The first-order valence-corrected chi connectivity index (χ1v) is 17.6. The number of rotatable bonds is 6. The highest BCUT2D eigenvalue weighted by atomic mass is 19.4. The summed E-state index contributed by atoms with van der Waals surface area (Å²) in [5.41, 5.74) is 1.72. The third-order valence-corrected chi connectivity index (χ3v) is 10.7. The van der Waals surface area contributed by atoms with E-state index in [9.17, 15) is 17.6 Å². The predicted octanol–water partition coefficient (Wildman–Crippen LogP) is 7.62. The van der Waals surface area contributed by atoms with E-state index in [-0.39, 0.29) is 47.3 Å². The Morgan fingerprint density at radius 3 is 2.47 bits per heavy atom. The van der Waals surface area contributed by atoms with Crippen LogP contribution in [0.2, 0.25) is 0 Å². The molecule has 5 heterocycles. The van der Waals surface area contributed by atoms with Crippen LogP contribution in [0.15, 0.2) is 30.3 Å². The topological polar surface area (TPSA) is 66.4 Å². The molecular formula is C37H43F5N6O. The standard InChI is InChI=1S/C35H37F5N6O.C2H6/c1-20-25(36)7-5-21-3-2-4-24(27(20)21)30-29(37)31-28-26(42-30)8-6-23-17-41-13-16-46(23)32(28)44-33(43-31)47-19-34(11-12-34)18-45-14-9-22(10-15-45)35(38,39)40;1-2/h2-5,7,22-23,41H,6,8-19H2,1H3;1-2H3/t23-;/m0./s1. The van der Waals surface area contributed by atoms with Crippen LogP contribution >= 0.6 is 0 Å².